The second-order valence-corrected chi connectivity index (χ2v) is 8.14. The number of rotatable bonds is 7. The predicted octanol–water partition coefficient (Wildman–Crippen LogP) is 3.11. The molecular formula is C25H28N4O. The Morgan fingerprint density at radius 3 is 2.30 bits per heavy atom. The van der Waals surface area contributed by atoms with Crippen LogP contribution in [0, 0.1) is 6.92 Å². The van der Waals surface area contributed by atoms with Crippen molar-refractivity contribution in [1.29, 1.82) is 0 Å². The van der Waals surface area contributed by atoms with Crippen LogP contribution < -0.4 is 5.32 Å². The molecule has 1 aliphatic carbocycles. The van der Waals surface area contributed by atoms with Gasteiger partial charge in [-0.15, -0.1) is 0 Å². The highest BCUT2D eigenvalue weighted by atomic mass is 16.2. The number of hydrogen-bond donors (Lipinski definition) is 1. The van der Waals surface area contributed by atoms with Crippen molar-refractivity contribution in [3.8, 4) is 0 Å². The molecule has 0 fully saturated rings. The molecule has 3 aromatic rings. The molecular weight excluding hydrogens is 372 g/mol. The van der Waals surface area contributed by atoms with Gasteiger partial charge < -0.3 is 5.32 Å². The van der Waals surface area contributed by atoms with Crippen molar-refractivity contribution < 1.29 is 4.79 Å². The second-order valence-electron chi connectivity index (χ2n) is 8.14. The molecule has 2 aromatic carbocycles. The fourth-order valence-corrected chi connectivity index (χ4v) is 4.20. The van der Waals surface area contributed by atoms with Crippen LogP contribution in [-0.2, 0) is 30.6 Å². The van der Waals surface area contributed by atoms with Crippen LogP contribution in [0.5, 0.6) is 0 Å². The average molecular weight is 401 g/mol. The van der Waals surface area contributed by atoms with Crippen LogP contribution in [0.15, 0.2) is 67.0 Å². The maximum absolute atomic E-state index is 13.5. The minimum Gasteiger partial charge on any atom is -0.349 e. The largest absolute Gasteiger partial charge is 0.349 e. The first-order valence-corrected chi connectivity index (χ1v) is 10.4. The molecule has 0 bridgehead atoms. The molecule has 4 rings (SSSR count). The van der Waals surface area contributed by atoms with Gasteiger partial charge in [-0.05, 0) is 37.1 Å². The van der Waals surface area contributed by atoms with E-state index in [1.807, 2.05) is 13.0 Å². The first-order valence-electron chi connectivity index (χ1n) is 10.4. The number of hydrogen-bond acceptors (Lipinski definition) is 4. The Bertz CT molecular complexity index is 976. The molecule has 1 aromatic heterocycles. The molecule has 30 heavy (non-hydrogen) atoms. The predicted molar refractivity (Wildman–Crippen MR) is 118 cm³/mol. The van der Waals surface area contributed by atoms with Crippen molar-refractivity contribution in [2.24, 2.45) is 0 Å². The summed E-state index contributed by atoms with van der Waals surface area (Å²) in [6.07, 6.45) is 5.81. The van der Waals surface area contributed by atoms with Gasteiger partial charge in [0, 0.05) is 25.6 Å². The van der Waals surface area contributed by atoms with Gasteiger partial charge in [0.15, 0.2) is 0 Å². The third kappa shape index (κ3) is 4.26. The van der Waals surface area contributed by atoms with Crippen molar-refractivity contribution in [2.45, 2.75) is 38.3 Å². The van der Waals surface area contributed by atoms with E-state index >= 15 is 0 Å². The summed E-state index contributed by atoms with van der Waals surface area (Å²) >= 11 is 0. The fraction of sp³-hybridized carbons (Fsp3) is 0.320. The number of aromatic nitrogens is 2. The lowest BCUT2D eigenvalue weighted by Crippen LogP contribution is -2.58. The van der Waals surface area contributed by atoms with E-state index in [0.29, 0.717) is 6.54 Å². The maximum Gasteiger partial charge on any atom is 0.241 e. The summed E-state index contributed by atoms with van der Waals surface area (Å²) in [6.45, 7) is 3.11. The van der Waals surface area contributed by atoms with Crippen LogP contribution >= 0.6 is 0 Å². The summed E-state index contributed by atoms with van der Waals surface area (Å²) in [7, 11) is 2.07. The zero-order valence-corrected chi connectivity index (χ0v) is 17.6. The van der Waals surface area contributed by atoms with Crippen molar-refractivity contribution in [3.05, 3.63) is 95.1 Å². The van der Waals surface area contributed by atoms with Crippen LogP contribution in [0.2, 0.25) is 0 Å². The number of likely N-dealkylation sites (N-methyl/N-ethyl adjacent to an activating group) is 1. The Balaban J connectivity index is 1.51. The number of nitrogens with zero attached hydrogens (tertiary/aromatic N) is 3. The monoisotopic (exact) mass is 400 g/mol. The van der Waals surface area contributed by atoms with Crippen molar-refractivity contribution in [1.82, 2.24) is 20.2 Å². The molecule has 5 nitrogen and oxygen atoms in total. The molecule has 0 aliphatic heterocycles. The normalized spacial score (nSPS) is 14.5. The molecule has 1 amide bonds. The van der Waals surface area contributed by atoms with Gasteiger partial charge in [0.1, 0.15) is 5.54 Å². The highest BCUT2D eigenvalue weighted by molar-refractivity contribution is 5.88. The average Bonchev–Trinajstić information content (AvgIpc) is 3.18. The Morgan fingerprint density at radius 2 is 1.67 bits per heavy atom. The van der Waals surface area contributed by atoms with Crippen LogP contribution in [0.1, 0.15) is 28.1 Å². The second kappa shape index (κ2) is 8.76. The van der Waals surface area contributed by atoms with E-state index in [2.05, 4.69) is 75.8 Å². The van der Waals surface area contributed by atoms with E-state index in [1.54, 1.807) is 12.4 Å². The molecule has 1 heterocycles. The first-order chi connectivity index (χ1) is 14.6. The molecule has 1 aliphatic rings. The maximum atomic E-state index is 13.5. The lowest BCUT2D eigenvalue weighted by Gasteiger charge is -2.37. The Labute approximate surface area is 178 Å². The van der Waals surface area contributed by atoms with Crippen molar-refractivity contribution in [3.63, 3.8) is 0 Å². The smallest absolute Gasteiger partial charge is 0.241 e. The van der Waals surface area contributed by atoms with Gasteiger partial charge in [-0.3, -0.25) is 19.7 Å². The van der Waals surface area contributed by atoms with Crippen LogP contribution in [0.4, 0.5) is 0 Å². The summed E-state index contributed by atoms with van der Waals surface area (Å²) in [6, 6.07) is 18.8. The lowest BCUT2D eigenvalue weighted by atomic mass is 9.91. The van der Waals surface area contributed by atoms with Gasteiger partial charge in [-0.2, -0.15) is 0 Å². The van der Waals surface area contributed by atoms with Crippen LogP contribution in [0.3, 0.4) is 0 Å². The van der Waals surface area contributed by atoms with Crippen LogP contribution in [0.25, 0.3) is 0 Å². The van der Waals surface area contributed by atoms with Gasteiger partial charge in [0.2, 0.25) is 5.91 Å². The lowest BCUT2D eigenvalue weighted by molar-refractivity contribution is -0.132. The molecule has 154 valence electrons. The molecule has 0 atom stereocenters. The van der Waals surface area contributed by atoms with E-state index in [-0.39, 0.29) is 5.91 Å². The Hall–Kier alpha value is -3.05. The minimum atomic E-state index is -0.587. The number of nitrogens with one attached hydrogen (secondary N) is 1. The summed E-state index contributed by atoms with van der Waals surface area (Å²) in [5.41, 5.74) is 4.85. The molecule has 0 unspecified atom stereocenters. The van der Waals surface area contributed by atoms with E-state index in [4.69, 9.17) is 0 Å². The quantitative estimate of drug-likeness (QED) is 0.662. The molecule has 1 N–H and O–H groups in total. The topological polar surface area (TPSA) is 58.1 Å². The van der Waals surface area contributed by atoms with Gasteiger partial charge in [0.05, 0.1) is 24.1 Å². The van der Waals surface area contributed by atoms with Crippen molar-refractivity contribution in [2.75, 3.05) is 13.6 Å². The number of carbonyl (C=O) groups is 1. The number of benzene rings is 2. The number of amides is 1. The Kier molecular flexibility index (Phi) is 5.91. The number of aryl methyl sites for hydroxylation is 1. The SMILES string of the molecule is Cc1cnc(CNC(=O)C2(N(C)CCc3ccccc3)Cc3ccccc3C2)cn1. The highest BCUT2D eigenvalue weighted by Crippen LogP contribution is 2.34. The fourth-order valence-electron chi connectivity index (χ4n) is 4.20. The molecule has 0 radical (unpaired) electrons. The summed E-state index contributed by atoms with van der Waals surface area (Å²) in [5.74, 6) is 0.0524. The zero-order chi connectivity index (χ0) is 21.0. The van der Waals surface area contributed by atoms with Crippen molar-refractivity contribution >= 4 is 5.91 Å². The molecule has 0 spiro atoms. The van der Waals surface area contributed by atoms with E-state index in [9.17, 15) is 4.79 Å². The minimum absolute atomic E-state index is 0.0524. The summed E-state index contributed by atoms with van der Waals surface area (Å²) in [4.78, 5) is 24.4. The number of fused-ring (bicyclic) bond motifs is 1. The Morgan fingerprint density at radius 1 is 1.00 bits per heavy atom. The van der Waals surface area contributed by atoms with E-state index in [0.717, 1.165) is 37.2 Å². The first kappa shape index (κ1) is 20.2. The standard InChI is InChI=1S/C25H28N4O/c1-19-16-27-23(17-26-19)18-28-24(30)25(14-21-10-6-7-11-22(21)15-25)29(2)13-12-20-8-4-3-5-9-20/h3-11,16-17H,12-15,18H2,1-2H3,(H,28,30). The van der Waals surface area contributed by atoms with Gasteiger partial charge in [-0.1, -0.05) is 54.6 Å². The summed E-state index contributed by atoms with van der Waals surface area (Å²) < 4.78 is 0. The summed E-state index contributed by atoms with van der Waals surface area (Å²) in [5, 5.41) is 3.13. The molecule has 5 heteroatoms. The third-order valence-electron chi connectivity index (χ3n) is 6.08. The van der Waals surface area contributed by atoms with Gasteiger partial charge in [0.25, 0.3) is 0 Å². The third-order valence-corrected chi connectivity index (χ3v) is 6.08. The zero-order valence-electron chi connectivity index (χ0n) is 17.6. The highest BCUT2D eigenvalue weighted by Gasteiger charge is 2.46. The molecule has 0 saturated carbocycles. The van der Waals surface area contributed by atoms with Crippen LogP contribution in [-0.4, -0.2) is 39.9 Å². The van der Waals surface area contributed by atoms with E-state index in [1.165, 1.54) is 16.7 Å². The number of carbonyl (C=O) groups excluding carboxylic acids is 1. The van der Waals surface area contributed by atoms with Gasteiger partial charge >= 0.3 is 0 Å². The molecule has 0 saturated heterocycles. The van der Waals surface area contributed by atoms with Gasteiger partial charge in [-0.25, -0.2) is 0 Å². The van der Waals surface area contributed by atoms with E-state index < -0.39 is 5.54 Å².